The maximum absolute atomic E-state index is 2.39. The lowest BCUT2D eigenvalue weighted by Crippen LogP contribution is -2.16. The normalized spacial score (nSPS) is 34.8. The predicted octanol–water partition coefficient (Wildman–Crippen LogP) is 13.9. The molecule has 0 aromatic heterocycles. The summed E-state index contributed by atoms with van der Waals surface area (Å²) in [5, 5.41) is 0. The molecule has 0 atom stereocenters. The van der Waals surface area contributed by atoms with Gasteiger partial charge in [0.2, 0.25) is 0 Å². The summed E-state index contributed by atoms with van der Waals surface area (Å²) in [6.45, 7) is 28.4. The summed E-state index contributed by atoms with van der Waals surface area (Å²) in [6.07, 6.45) is 23.7. The van der Waals surface area contributed by atoms with E-state index in [0.29, 0.717) is 0 Å². The fourth-order valence-electron chi connectivity index (χ4n) is 7.81. The summed E-state index contributed by atoms with van der Waals surface area (Å²) < 4.78 is 0. The van der Waals surface area contributed by atoms with Crippen molar-refractivity contribution in [3.05, 3.63) is 0 Å². The summed E-state index contributed by atoms with van der Waals surface area (Å²) >= 11 is 0. The lowest BCUT2D eigenvalue weighted by molar-refractivity contribution is 0.234. The topological polar surface area (TPSA) is 0 Å². The van der Waals surface area contributed by atoms with Gasteiger partial charge in [-0.2, -0.15) is 0 Å². The quantitative estimate of drug-likeness (QED) is 0.321. The van der Waals surface area contributed by atoms with Crippen molar-refractivity contribution in [3.8, 4) is 0 Å². The average Bonchev–Trinajstić information content (AvgIpc) is 2.91. The first kappa shape index (κ1) is 38.0. The third-order valence-corrected chi connectivity index (χ3v) is 12.0. The molecule has 0 amide bonds. The second kappa shape index (κ2) is 20.8. The Morgan fingerprint density at radius 1 is 0.250 bits per heavy atom. The predicted molar refractivity (Wildman–Crippen MR) is 184 cm³/mol. The molecule has 40 heavy (non-hydrogen) atoms. The van der Waals surface area contributed by atoms with Crippen molar-refractivity contribution in [2.75, 3.05) is 0 Å². The van der Waals surface area contributed by atoms with Gasteiger partial charge in [-0.15, -0.1) is 0 Å². The highest BCUT2D eigenvalue weighted by atomic mass is 14.3. The van der Waals surface area contributed by atoms with Gasteiger partial charge in [-0.25, -0.2) is 0 Å². The number of hydrogen-bond donors (Lipinski definition) is 0. The lowest BCUT2D eigenvalue weighted by Gasteiger charge is -2.28. The van der Waals surface area contributed by atoms with Crippen molar-refractivity contribution < 1.29 is 0 Å². The molecular formula is C40H80. The lowest BCUT2D eigenvalue weighted by atomic mass is 9.78. The van der Waals surface area contributed by atoms with Crippen LogP contribution >= 0.6 is 0 Å². The molecule has 0 aromatic rings. The van der Waals surface area contributed by atoms with Gasteiger partial charge in [-0.05, 0) is 122 Å². The van der Waals surface area contributed by atoms with E-state index in [4.69, 9.17) is 0 Å². The first-order valence-corrected chi connectivity index (χ1v) is 18.8. The smallest absolute Gasteiger partial charge is 0.0391 e. The van der Waals surface area contributed by atoms with Crippen LogP contribution in [-0.2, 0) is 0 Å². The van der Waals surface area contributed by atoms with Gasteiger partial charge in [0.1, 0.15) is 0 Å². The average molecular weight is 561 g/mol. The molecule has 0 nitrogen and oxygen atoms in total. The Labute approximate surface area is 256 Å². The minimum absolute atomic E-state index is 0.924. The maximum atomic E-state index is 2.39. The first-order valence-electron chi connectivity index (χ1n) is 18.8. The molecule has 0 saturated heterocycles. The van der Waals surface area contributed by atoms with Gasteiger partial charge < -0.3 is 0 Å². The van der Waals surface area contributed by atoms with Crippen LogP contribution in [0.1, 0.15) is 186 Å². The second-order valence-corrected chi connectivity index (χ2v) is 17.1. The van der Waals surface area contributed by atoms with E-state index in [0.717, 1.165) is 71.0 Å². The van der Waals surface area contributed by atoms with Gasteiger partial charge in [0.25, 0.3) is 0 Å². The van der Waals surface area contributed by atoms with E-state index in [1.807, 2.05) is 0 Å². The molecule has 0 bridgehead atoms. The van der Waals surface area contributed by atoms with E-state index < -0.39 is 0 Å². The summed E-state index contributed by atoms with van der Waals surface area (Å²) in [5.74, 6) is 11.9. The van der Waals surface area contributed by atoms with Gasteiger partial charge in [0, 0.05) is 0 Å². The second-order valence-electron chi connectivity index (χ2n) is 17.1. The molecule has 240 valence electrons. The van der Waals surface area contributed by atoms with Crippen molar-refractivity contribution in [2.24, 2.45) is 71.0 Å². The van der Waals surface area contributed by atoms with Gasteiger partial charge in [-0.1, -0.05) is 134 Å². The van der Waals surface area contributed by atoms with Crippen LogP contribution in [0.4, 0.5) is 0 Å². The Balaban J connectivity index is 0.000000267. The van der Waals surface area contributed by atoms with E-state index in [-0.39, 0.29) is 0 Å². The van der Waals surface area contributed by atoms with Crippen LogP contribution in [0.15, 0.2) is 0 Å². The fourth-order valence-corrected chi connectivity index (χ4v) is 7.81. The molecule has 0 radical (unpaired) electrons. The van der Waals surface area contributed by atoms with Crippen LogP contribution in [0.25, 0.3) is 0 Å². The number of rotatable bonds is 4. The minimum Gasteiger partial charge on any atom is -0.0625 e. The Bertz CT molecular complexity index is 449. The van der Waals surface area contributed by atoms with E-state index in [1.54, 1.807) is 0 Å². The maximum Gasteiger partial charge on any atom is -0.0391 e. The molecule has 0 heterocycles. The van der Waals surface area contributed by atoms with Crippen LogP contribution in [0, 0.1) is 71.0 Å². The molecule has 0 unspecified atom stereocenters. The van der Waals surface area contributed by atoms with Crippen molar-refractivity contribution in [3.63, 3.8) is 0 Å². The molecule has 0 heteroatoms. The molecule has 0 spiro atoms. The Kier molecular flexibility index (Phi) is 19.8. The zero-order chi connectivity index (χ0) is 30.2. The molecule has 4 rings (SSSR count). The summed E-state index contributed by atoms with van der Waals surface area (Å²) in [6, 6.07) is 0. The van der Waals surface area contributed by atoms with Crippen molar-refractivity contribution in [2.45, 2.75) is 186 Å². The van der Waals surface area contributed by atoms with E-state index in [2.05, 4.69) is 83.1 Å². The zero-order valence-electron chi connectivity index (χ0n) is 30.2. The van der Waals surface area contributed by atoms with Crippen molar-refractivity contribution in [1.29, 1.82) is 0 Å². The fraction of sp³-hybridized carbons (Fsp3) is 1.00. The van der Waals surface area contributed by atoms with Crippen molar-refractivity contribution >= 4 is 0 Å². The Hall–Kier alpha value is 0. The highest BCUT2D eigenvalue weighted by molar-refractivity contribution is 4.74. The molecular weight excluding hydrogens is 480 g/mol. The third kappa shape index (κ3) is 16.6. The Morgan fingerprint density at radius 2 is 0.375 bits per heavy atom. The molecule has 4 fully saturated rings. The summed E-state index contributed by atoms with van der Waals surface area (Å²) in [7, 11) is 0. The molecule has 0 N–H and O–H groups in total. The summed E-state index contributed by atoms with van der Waals surface area (Å²) in [4.78, 5) is 0. The van der Waals surface area contributed by atoms with Gasteiger partial charge in [0.05, 0.1) is 0 Å². The van der Waals surface area contributed by atoms with Crippen LogP contribution in [0.5, 0.6) is 0 Å². The Morgan fingerprint density at radius 3 is 0.475 bits per heavy atom. The monoisotopic (exact) mass is 561 g/mol. The van der Waals surface area contributed by atoms with Crippen LogP contribution in [-0.4, -0.2) is 0 Å². The van der Waals surface area contributed by atoms with Crippen LogP contribution < -0.4 is 0 Å². The number of hydrogen-bond acceptors (Lipinski definition) is 0. The molecule has 0 aliphatic heterocycles. The van der Waals surface area contributed by atoms with Gasteiger partial charge in [-0.3, -0.25) is 0 Å². The van der Waals surface area contributed by atoms with E-state index in [1.165, 1.54) is 103 Å². The minimum atomic E-state index is 0.924. The summed E-state index contributed by atoms with van der Waals surface area (Å²) in [5.41, 5.74) is 0. The molecule has 4 aliphatic carbocycles. The third-order valence-electron chi connectivity index (χ3n) is 12.0. The van der Waals surface area contributed by atoms with Gasteiger partial charge in [0.15, 0.2) is 0 Å². The zero-order valence-corrected chi connectivity index (χ0v) is 30.2. The van der Waals surface area contributed by atoms with E-state index in [9.17, 15) is 0 Å². The SMILES string of the molecule is CC1CCC(C(C)C)CC1.CC1CCC(C(C)C)CC1.CC1CCC(C(C)C)CC1.CC1CCC(C(C)C)CC1. The molecule has 0 aromatic carbocycles. The highest BCUT2D eigenvalue weighted by Crippen LogP contribution is 2.35. The van der Waals surface area contributed by atoms with Crippen LogP contribution in [0.2, 0.25) is 0 Å². The van der Waals surface area contributed by atoms with Crippen LogP contribution in [0.3, 0.4) is 0 Å². The standard InChI is InChI=1S/4C10H20/c4*1-8(2)10-6-4-9(3)5-7-10/h4*8-10H,4-7H2,1-3H3. The van der Waals surface area contributed by atoms with E-state index >= 15 is 0 Å². The molecule has 4 aliphatic rings. The largest absolute Gasteiger partial charge is 0.0625 e. The first-order chi connectivity index (χ1) is 18.8. The van der Waals surface area contributed by atoms with Crippen molar-refractivity contribution in [1.82, 2.24) is 0 Å². The highest BCUT2D eigenvalue weighted by Gasteiger charge is 2.22. The molecule has 4 saturated carbocycles. The van der Waals surface area contributed by atoms with Gasteiger partial charge >= 0.3 is 0 Å².